The fourth-order valence-corrected chi connectivity index (χ4v) is 2.50. The second-order valence-electron chi connectivity index (χ2n) is 4.30. The molecule has 0 aliphatic heterocycles. The van der Waals surface area contributed by atoms with E-state index in [2.05, 4.69) is 10.3 Å². The van der Waals surface area contributed by atoms with Gasteiger partial charge in [-0.25, -0.2) is 9.78 Å². The number of rotatable bonds is 7. The number of methoxy groups -OCH3 is 1. The van der Waals surface area contributed by atoms with Crippen LogP contribution >= 0.6 is 11.3 Å². The van der Waals surface area contributed by atoms with Gasteiger partial charge in [-0.05, 0) is 18.2 Å². The van der Waals surface area contributed by atoms with Gasteiger partial charge in [0.2, 0.25) is 0 Å². The molecule has 0 aliphatic rings. The molecule has 0 fully saturated rings. The van der Waals surface area contributed by atoms with Crippen molar-refractivity contribution in [3.05, 3.63) is 35.3 Å². The van der Waals surface area contributed by atoms with Gasteiger partial charge >= 0.3 is 5.97 Å². The van der Waals surface area contributed by atoms with Crippen LogP contribution in [-0.2, 0) is 19.1 Å². The smallest absolute Gasteiger partial charge is 0.331 e. The van der Waals surface area contributed by atoms with E-state index in [1.54, 1.807) is 13.2 Å². The molecule has 0 aliphatic carbocycles. The normalized spacial score (nSPS) is 11.0. The van der Waals surface area contributed by atoms with Crippen molar-refractivity contribution in [2.75, 3.05) is 26.9 Å². The van der Waals surface area contributed by atoms with E-state index in [1.807, 2.05) is 24.3 Å². The van der Waals surface area contributed by atoms with Crippen molar-refractivity contribution in [2.45, 2.75) is 0 Å². The Hall–Kier alpha value is -2.25. The Labute approximate surface area is 131 Å². The molecule has 1 aromatic heterocycles. The topological polar surface area (TPSA) is 77.5 Å². The Kier molecular flexibility index (Phi) is 6.05. The number of para-hydroxylation sites is 1. The van der Waals surface area contributed by atoms with E-state index in [4.69, 9.17) is 9.47 Å². The Bertz CT molecular complexity index is 648. The molecule has 0 spiro atoms. The number of fused-ring (bicyclic) bond motifs is 1. The van der Waals surface area contributed by atoms with Gasteiger partial charge in [0.05, 0.1) is 16.8 Å². The molecule has 116 valence electrons. The summed E-state index contributed by atoms with van der Waals surface area (Å²) < 4.78 is 10.7. The average Bonchev–Trinajstić information content (AvgIpc) is 2.94. The predicted octanol–water partition coefficient (Wildman–Crippen LogP) is 1.62. The lowest BCUT2D eigenvalue weighted by Crippen LogP contribution is -2.31. The fourth-order valence-electron chi connectivity index (χ4n) is 1.63. The highest BCUT2D eigenvalue weighted by Gasteiger charge is 2.05. The van der Waals surface area contributed by atoms with Gasteiger partial charge in [0.25, 0.3) is 5.91 Å². The van der Waals surface area contributed by atoms with Gasteiger partial charge in [-0.15, -0.1) is 11.3 Å². The van der Waals surface area contributed by atoms with Crippen molar-refractivity contribution < 1.29 is 19.1 Å². The molecule has 0 saturated carbocycles. The van der Waals surface area contributed by atoms with Crippen molar-refractivity contribution in [3.8, 4) is 0 Å². The molecule has 1 N–H and O–H groups in total. The van der Waals surface area contributed by atoms with Crippen molar-refractivity contribution in [2.24, 2.45) is 0 Å². The number of hydrogen-bond acceptors (Lipinski definition) is 6. The van der Waals surface area contributed by atoms with Crippen LogP contribution in [0.15, 0.2) is 30.3 Å². The van der Waals surface area contributed by atoms with Gasteiger partial charge in [0, 0.05) is 19.7 Å². The van der Waals surface area contributed by atoms with Gasteiger partial charge in [-0.2, -0.15) is 0 Å². The summed E-state index contributed by atoms with van der Waals surface area (Å²) in [7, 11) is 1.54. The number of nitrogens with zero attached hydrogens (tertiary/aromatic N) is 1. The highest BCUT2D eigenvalue weighted by atomic mass is 32.1. The molecule has 7 heteroatoms. The van der Waals surface area contributed by atoms with E-state index in [-0.39, 0.29) is 12.5 Å². The van der Waals surface area contributed by atoms with Crippen LogP contribution in [0.5, 0.6) is 0 Å². The molecular weight excluding hydrogens is 304 g/mol. The summed E-state index contributed by atoms with van der Waals surface area (Å²) in [4.78, 5) is 27.2. The van der Waals surface area contributed by atoms with Crippen LogP contribution < -0.4 is 5.32 Å². The molecule has 1 amide bonds. The number of amides is 1. The van der Waals surface area contributed by atoms with Crippen LogP contribution in [-0.4, -0.2) is 43.7 Å². The number of esters is 1. The average molecular weight is 320 g/mol. The highest BCUT2D eigenvalue weighted by molar-refractivity contribution is 7.19. The number of aromatic nitrogens is 1. The maximum Gasteiger partial charge on any atom is 0.331 e. The number of nitrogens with one attached hydrogen (secondary N) is 1. The number of carbonyl (C=O) groups excluding carboxylic acids is 2. The third-order valence-corrected chi connectivity index (χ3v) is 3.65. The summed E-state index contributed by atoms with van der Waals surface area (Å²) in [5.74, 6) is -0.945. The summed E-state index contributed by atoms with van der Waals surface area (Å²) >= 11 is 1.48. The van der Waals surface area contributed by atoms with Crippen LogP contribution in [0, 0.1) is 0 Å². The molecule has 2 rings (SSSR count). The van der Waals surface area contributed by atoms with Crippen molar-refractivity contribution in [1.29, 1.82) is 0 Å². The third kappa shape index (κ3) is 4.94. The van der Waals surface area contributed by atoms with Crippen molar-refractivity contribution >= 4 is 39.5 Å². The molecule has 6 nitrogen and oxygen atoms in total. The molecule has 22 heavy (non-hydrogen) atoms. The van der Waals surface area contributed by atoms with E-state index in [1.165, 1.54) is 17.4 Å². The second-order valence-corrected chi connectivity index (χ2v) is 5.37. The molecular formula is C15H16N2O4S. The number of thiazole rings is 1. The van der Waals surface area contributed by atoms with Crippen molar-refractivity contribution in [3.63, 3.8) is 0 Å². The number of ether oxygens (including phenoxy) is 2. The summed E-state index contributed by atoms with van der Waals surface area (Å²) in [5.41, 5.74) is 0.887. The largest absolute Gasteiger partial charge is 0.452 e. The summed E-state index contributed by atoms with van der Waals surface area (Å²) in [6.45, 7) is 0.484. The minimum atomic E-state index is -0.582. The van der Waals surface area contributed by atoms with Crippen LogP contribution in [0.1, 0.15) is 5.01 Å². The van der Waals surface area contributed by atoms with E-state index < -0.39 is 5.97 Å². The number of hydrogen-bond donors (Lipinski definition) is 1. The molecule has 0 atom stereocenters. The standard InChI is InChI=1S/C15H16N2O4S/c1-20-9-8-16-13(18)10-21-15(19)7-6-14-17-11-4-2-3-5-12(11)22-14/h2-7H,8-10H2,1H3,(H,16,18)/b7-6+. The van der Waals surface area contributed by atoms with E-state index in [0.29, 0.717) is 18.2 Å². The minimum absolute atomic E-state index is 0.313. The maximum atomic E-state index is 11.5. The summed E-state index contributed by atoms with van der Waals surface area (Å²) in [6.07, 6.45) is 2.84. The van der Waals surface area contributed by atoms with Gasteiger partial charge < -0.3 is 14.8 Å². The van der Waals surface area contributed by atoms with Crippen LogP contribution in [0.4, 0.5) is 0 Å². The molecule has 2 aromatic rings. The first-order valence-corrected chi connectivity index (χ1v) is 7.47. The Morgan fingerprint density at radius 3 is 2.95 bits per heavy atom. The second kappa shape index (κ2) is 8.26. The zero-order valence-electron chi connectivity index (χ0n) is 12.1. The quantitative estimate of drug-likeness (QED) is 0.476. The number of carbonyl (C=O) groups is 2. The first kappa shape index (κ1) is 16.1. The Morgan fingerprint density at radius 2 is 2.18 bits per heavy atom. The van der Waals surface area contributed by atoms with E-state index >= 15 is 0 Å². The summed E-state index contributed by atoms with van der Waals surface area (Å²) in [5, 5.41) is 3.27. The molecule has 0 saturated heterocycles. The predicted molar refractivity (Wildman–Crippen MR) is 84.5 cm³/mol. The minimum Gasteiger partial charge on any atom is -0.452 e. The van der Waals surface area contributed by atoms with Gasteiger partial charge in [-0.1, -0.05) is 12.1 Å². The van der Waals surface area contributed by atoms with Gasteiger partial charge in [0.15, 0.2) is 6.61 Å². The van der Waals surface area contributed by atoms with Gasteiger partial charge in [-0.3, -0.25) is 4.79 Å². The zero-order valence-corrected chi connectivity index (χ0v) is 12.9. The first-order valence-electron chi connectivity index (χ1n) is 6.65. The fraction of sp³-hybridized carbons (Fsp3) is 0.267. The first-order chi connectivity index (χ1) is 10.7. The third-order valence-electron chi connectivity index (χ3n) is 2.65. The SMILES string of the molecule is COCCNC(=O)COC(=O)/C=C/c1nc2ccccc2s1. The van der Waals surface area contributed by atoms with E-state index in [0.717, 1.165) is 10.2 Å². The van der Waals surface area contributed by atoms with Crippen LogP contribution in [0.3, 0.4) is 0 Å². The Morgan fingerprint density at radius 1 is 1.36 bits per heavy atom. The lowest BCUT2D eigenvalue weighted by molar-refractivity contribution is -0.143. The highest BCUT2D eigenvalue weighted by Crippen LogP contribution is 2.22. The lowest BCUT2D eigenvalue weighted by atomic mass is 10.3. The molecule has 0 unspecified atom stereocenters. The monoisotopic (exact) mass is 320 g/mol. The van der Waals surface area contributed by atoms with Gasteiger partial charge in [0.1, 0.15) is 5.01 Å². The maximum absolute atomic E-state index is 11.5. The molecule has 1 aromatic carbocycles. The molecule has 1 heterocycles. The summed E-state index contributed by atoms with van der Waals surface area (Å²) in [6, 6.07) is 7.72. The molecule has 0 radical (unpaired) electrons. The van der Waals surface area contributed by atoms with Crippen LogP contribution in [0.2, 0.25) is 0 Å². The van der Waals surface area contributed by atoms with Crippen LogP contribution in [0.25, 0.3) is 16.3 Å². The Balaban J connectivity index is 1.80. The van der Waals surface area contributed by atoms with Crippen molar-refractivity contribution in [1.82, 2.24) is 10.3 Å². The lowest BCUT2D eigenvalue weighted by Gasteiger charge is -2.04. The molecule has 0 bridgehead atoms. The van der Waals surface area contributed by atoms with E-state index in [9.17, 15) is 9.59 Å². The zero-order chi connectivity index (χ0) is 15.8. The number of benzene rings is 1.